The highest BCUT2D eigenvalue weighted by atomic mass is 79.9. The van der Waals surface area contributed by atoms with Crippen molar-refractivity contribution in [2.24, 2.45) is 0 Å². The van der Waals surface area contributed by atoms with Gasteiger partial charge in [-0.2, -0.15) is 0 Å². The molecule has 1 aromatic heterocycles. The molecule has 0 saturated carbocycles. The minimum absolute atomic E-state index is 0.0303. The summed E-state index contributed by atoms with van der Waals surface area (Å²) in [5.74, 6) is 0.184. The summed E-state index contributed by atoms with van der Waals surface area (Å²) in [6.45, 7) is 10.4. The van der Waals surface area contributed by atoms with Crippen LogP contribution in [0.1, 0.15) is 52.0 Å². The molecule has 1 aromatic carbocycles. The predicted molar refractivity (Wildman–Crippen MR) is 150 cm³/mol. The minimum Gasteiger partial charge on any atom is -0.497 e. The maximum Gasteiger partial charge on any atom is 0.509 e. The Morgan fingerprint density at radius 1 is 1.00 bits per heavy atom. The van der Waals surface area contributed by atoms with E-state index in [-0.39, 0.29) is 13.0 Å². The van der Waals surface area contributed by atoms with Crippen molar-refractivity contribution in [3.8, 4) is 5.75 Å². The maximum atomic E-state index is 13.3. The molecule has 9 nitrogen and oxygen atoms in total. The number of likely N-dealkylation sites (tertiary alicyclic amines) is 1. The quantitative estimate of drug-likeness (QED) is 0.266. The summed E-state index contributed by atoms with van der Waals surface area (Å²) in [4.78, 5) is 41.3. The van der Waals surface area contributed by atoms with Gasteiger partial charge < -0.3 is 23.7 Å². The number of benzene rings is 1. The number of amides is 1. The van der Waals surface area contributed by atoms with Crippen LogP contribution in [0.5, 0.6) is 5.75 Å². The van der Waals surface area contributed by atoms with Crippen LogP contribution < -0.4 is 4.74 Å². The van der Waals surface area contributed by atoms with Gasteiger partial charge in [0.1, 0.15) is 17.0 Å². The van der Waals surface area contributed by atoms with Crippen LogP contribution in [-0.2, 0) is 36.6 Å². The molecule has 0 bridgehead atoms. The first-order valence-corrected chi connectivity index (χ1v) is 14.3. The second-order valence-electron chi connectivity index (χ2n) is 11.2. The first-order valence-electron chi connectivity index (χ1n) is 12.6. The number of hydrogen-bond acceptors (Lipinski definition) is 9. The number of nitrogens with zero attached hydrogens (tertiary/aromatic N) is 1. The second kappa shape index (κ2) is 12.6. The third kappa shape index (κ3) is 9.42. The Morgan fingerprint density at radius 3 is 2.18 bits per heavy atom. The van der Waals surface area contributed by atoms with Gasteiger partial charge >= 0.3 is 18.2 Å². The zero-order valence-corrected chi connectivity index (χ0v) is 25.7. The fraction of sp³-hybridized carbons (Fsp3) is 0.536. The van der Waals surface area contributed by atoms with Gasteiger partial charge in [0.15, 0.2) is 12.2 Å². The Balaban J connectivity index is 1.93. The number of rotatable bonds is 7. The molecule has 11 heteroatoms. The topological polar surface area (TPSA) is 101 Å². The number of hydrogen-bond donors (Lipinski definition) is 0. The molecule has 0 N–H and O–H groups in total. The molecule has 0 unspecified atom stereocenters. The summed E-state index contributed by atoms with van der Waals surface area (Å²) in [5, 5.41) is 1.88. The SMILES string of the molecule is COc1ccc(C[C@@H]2[C@H](OC(=O)Cc3cc(Br)cs3)[C@@H](OC(=O)OC(C)(C)C)CN2C(=O)OC(C)(C)C)cc1. The summed E-state index contributed by atoms with van der Waals surface area (Å²) in [6.07, 6.45) is -3.07. The Hall–Kier alpha value is -2.79. The van der Waals surface area contributed by atoms with Gasteiger partial charge in [0, 0.05) is 14.7 Å². The maximum absolute atomic E-state index is 13.3. The highest BCUT2D eigenvalue weighted by Crippen LogP contribution is 2.31. The van der Waals surface area contributed by atoms with Crippen molar-refractivity contribution < 1.29 is 38.1 Å². The van der Waals surface area contributed by atoms with Gasteiger partial charge in [0.05, 0.1) is 26.1 Å². The number of thiophene rings is 1. The largest absolute Gasteiger partial charge is 0.509 e. The third-order valence-corrected chi connectivity index (χ3v) is 7.30. The van der Waals surface area contributed by atoms with E-state index in [1.54, 1.807) is 48.7 Å². The number of methoxy groups -OCH3 is 1. The molecule has 0 aliphatic carbocycles. The van der Waals surface area contributed by atoms with E-state index in [9.17, 15) is 14.4 Å². The molecule has 3 atom stereocenters. The summed E-state index contributed by atoms with van der Waals surface area (Å²) < 4.78 is 28.8. The number of ether oxygens (including phenoxy) is 5. The van der Waals surface area contributed by atoms with Gasteiger partial charge in [-0.05, 0) is 87.7 Å². The van der Waals surface area contributed by atoms with Crippen molar-refractivity contribution >= 4 is 45.5 Å². The predicted octanol–water partition coefficient (Wildman–Crippen LogP) is 6.16. The van der Waals surface area contributed by atoms with E-state index in [1.165, 1.54) is 16.2 Å². The molecule has 1 saturated heterocycles. The first kappa shape index (κ1) is 30.7. The van der Waals surface area contributed by atoms with Gasteiger partial charge in [0.2, 0.25) is 0 Å². The van der Waals surface area contributed by atoms with Crippen LogP contribution in [0.15, 0.2) is 40.2 Å². The molecule has 1 fully saturated rings. The lowest BCUT2D eigenvalue weighted by atomic mass is 10.0. The number of carbonyl (C=O) groups is 3. The van der Waals surface area contributed by atoms with Crippen LogP contribution in [0.4, 0.5) is 9.59 Å². The van der Waals surface area contributed by atoms with E-state index in [0.717, 1.165) is 14.9 Å². The van der Waals surface area contributed by atoms with Crippen LogP contribution in [0.3, 0.4) is 0 Å². The van der Waals surface area contributed by atoms with Gasteiger partial charge in [-0.3, -0.25) is 9.69 Å². The Morgan fingerprint density at radius 2 is 1.64 bits per heavy atom. The van der Waals surface area contributed by atoms with E-state index in [0.29, 0.717) is 12.2 Å². The summed E-state index contributed by atoms with van der Waals surface area (Å²) in [5.41, 5.74) is -0.678. The number of carbonyl (C=O) groups excluding carboxylic acids is 3. The fourth-order valence-corrected chi connectivity index (χ4v) is 5.49. The lowest BCUT2D eigenvalue weighted by Crippen LogP contribution is -2.45. The fourth-order valence-electron chi connectivity index (χ4n) is 4.06. The molecule has 2 aromatic rings. The molecular weight excluding hydrogens is 590 g/mol. The van der Waals surface area contributed by atoms with Crippen LogP contribution >= 0.6 is 27.3 Å². The van der Waals surface area contributed by atoms with Crippen LogP contribution in [0.25, 0.3) is 0 Å². The molecule has 1 aliphatic heterocycles. The van der Waals surface area contributed by atoms with E-state index in [1.807, 2.05) is 35.7 Å². The lowest BCUT2D eigenvalue weighted by molar-refractivity contribution is -0.155. The smallest absolute Gasteiger partial charge is 0.497 e. The zero-order chi connectivity index (χ0) is 29.0. The first-order chi connectivity index (χ1) is 18.1. The van der Waals surface area contributed by atoms with Gasteiger partial charge in [-0.1, -0.05) is 12.1 Å². The monoisotopic (exact) mass is 625 g/mol. The molecular formula is C28H36BrNO8S. The Labute approximate surface area is 241 Å². The van der Waals surface area contributed by atoms with E-state index < -0.39 is 47.7 Å². The van der Waals surface area contributed by atoms with Crippen LogP contribution in [0.2, 0.25) is 0 Å². The van der Waals surface area contributed by atoms with Crippen molar-refractivity contribution in [2.75, 3.05) is 13.7 Å². The number of halogens is 1. The van der Waals surface area contributed by atoms with E-state index in [2.05, 4.69) is 15.9 Å². The minimum atomic E-state index is -0.963. The molecule has 2 heterocycles. The van der Waals surface area contributed by atoms with Gasteiger partial charge in [-0.15, -0.1) is 11.3 Å². The second-order valence-corrected chi connectivity index (χ2v) is 13.1. The Bertz CT molecular complexity index is 1150. The number of esters is 1. The average molecular weight is 627 g/mol. The highest BCUT2D eigenvalue weighted by Gasteiger charge is 2.50. The summed E-state index contributed by atoms with van der Waals surface area (Å²) in [6, 6.07) is 8.54. The third-order valence-electron chi connectivity index (χ3n) is 5.60. The molecule has 1 aliphatic rings. The zero-order valence-electron chi connectivity index (χ0n) is 23.3. The normalized spacial score (nSPS) is 19.4. The van der Waals surface area contributed by atoms with Crippen molar-refractivity contribution in [1.29, 1.82) is 0 Å². The molecule has 3 rings (SSSR count). The van der Waals surface area contributed by atoms with Crippen LogP contribution in [-0.4, -0.2) is 66.2 Å². The molecule has 0 radical (unpaired) electrons. The van der Waals surface area contributed by atoms with Gasteiger partial charge in [-0.25, -0.2) is 9.59 Å². The highest BCUT2D eigenvalue weighted by molar-refractivity contribution is 9.10. The van der Waals surface area contributed by atoms with Crippen molar-refractivity contribution in [3.05, 3.63) is 50.6 Å². The average Bonchev–Trinajstić information content (AvgIpc) is 3.35. The lowest BCUT2D eigenvalue weighted by Gasteiger charge is -2.30. The van der Waals surface area contributed by atoms with E-state index in [4.69, 9.17) is 23.7 Å². The van der Waals surface area contributed by atoms with Crippen LogP contribution in [0, 0.1) is 0 Å². The molecule has 0 spiro atoms. The molecule has 214 valence electrons. The van der Waals surface area contributed by atoms with Crippen molar-refractivity contribution in [3.63, 3.8) is 0 Å². The standard InChI is InChI=1S/C28H36BrNO8S/c1-27(2,3)37-25(32)30-15-22(35-26(33)38-28(4,5)6)24(36-23(31)14-20-13-18(29)16-39-20)21(30)12-17-8-10-19(34-7)11-9-17/h8-11,13,16,21-22,24H,12,14-15H2,1-7H3/t21-,22+,24+/m1/s1. The molecule has 1 amide bonds. The Kier molecular flexibility index (Phi) is 9.93. The van der Waals surface area contributed by atoms with Crippen molar-refractivity contribution in [1.82, 2.24) is 4.90 Å². The summed E-state index contributed by atoms with van der Waals surface area (Å²) in [7, 11) is 1.58. The van der Waals surface area contributed by atoms with Gasteiger partial charge in [0.25, 0.3) is 0 Å². The summed E-state index contributed by atoms with van der Waals surface area (Å²) >= 11 is 4.82. The van der Waals surface area contributed by atoms with Crippen molar-refractivity contribution in [2.45, 2.75) is 83.8 Å². The molecule has 39 heavy (non-hydrogen) atoms. The van der Waals surface area contributed by atoms with E-state index >= 15 is 0 Å².